The summed E-state index contributed by atoms with van der Waals surface area (Å²) in [5.41, 5.74) is -1.57. The lowest BCUT2D eigenvalue weighted by molar-refractivity contribution is -0.0854. The summed E-state index contributed by atoms with van der Waals surface area (Å²) in [5.74, 6) is -6.44. The summed E-state index contributed by atoms with van der Waals surface area (Å²) in [6, 6.07) is 0.893. The molecule has 1 N–H and O–H groups in total. The molecule has 1 aromatic carbocycles. The van der Waals surface area contributed by atoms with Gasteiger partial charge in [0, 0.05) is 69.0 Å². The minimum absolute atomic E-state index is 0.000270. The lowest BCUT2D eigenvalue weighted by Crippen LogP contribution is -2.62. The van der Waals surface area contributed by atoms with Gasteiger partial charge in [-0.25, -0.2) is 26.3 Å². The molecule has 3 rings (SSSR count). The van der Waals surface area contributed by atoms with E-state index in [4.69, 9.17) is 0 Å². The first-order valence-corrected chi connectivity index (χ1v) is 11.5. The van der Waals surface area contributed by atoms with E-state index >= 15 is 0 Å². The van der Waals surface area contributed by atoms with E-state index < -0.39 is 40.4 Å². The van der Waals surface area contributed by atoms with Crippen LogP contribution >= 0.6 is 11.9 Å². The van der Waals surface area contributed by atoms with Gasteiger partial charge in [0.05, 0.1) is 0 Å². The Hall–Kier alpha value is -1.39. The van der Waals surface area contributed by atoms with E-state index in [0.29, 0.717) is 25.2 Å². The van der Waals surface area contributed by atoms with Crippen molar-refractivity contribution in [2.75, 3.05) is 38.5 Å². The zero-order chi connectivity index (χ0) is 22.6. The molecule has 1 saturated heterocycles. The van der Waals surface area contributed by atoms with E-state index in [-0.39, 0.29) is 32.2 Å². The fourth-order valence-corrected chi connectivity index (χ4v) is 5.15. The topological polar surface area (TPSA) is 35.6 Å². The smallest absolute Gasteiger partial charge is 0.257 e. The number of piperazine rings is 1. The molecular formula is C21H28F5N3OS. The minimum Gasteiger partial charge on any atom is -0.350 e. The number of nitrogens with zero attached hydrogens (tertiary/aromatic N) is 2. The monoisotopic (exact) mass is 465 g/mol. The van der Waals surface area contributed by atoms with E-state index in [1.807, 2.05) is 0 Å². The molecule has 0 spiro atoms. The van der Waals surface area contributed by atoms with Crippen LogP contribution < -0.4 is 5.32 Å². The van der Waals surface area contributed by atoms with E-state index in [2.05, 4.69) is 21.4 Å². The fraction of sp³-hybridized carbons (Fsp3) is 0.667. The normalized spacial score (nSPS) is 21.7. The number of carbonyl (C=O) groups excluding carboxylic acids is 1. The minimum atomic E-state index is -2.75. The third-order valence-electron chi connectivity index (χ3n) is 6.11. The van der Waals surface area contributed by atoms with Gasteiger partial charge in [0.1, 0.15) is 23.0 Å². The maximum Gasteiger partial charge on any atom is 0.257 e. The van der Waals surface area contributed by atoms with E-state index in [1.54, 1.807) is 11.9 Å². The third-order valence-corrected chi connectivity index (χ3v) is 7.43. The molecule has 31 heavy (non-hydrogen) atoms. The Labute approximate surface area is 183 Å². The first kappa shape index (κ1) is 24.3. The molecule has 2 fully saturated rings. The lowest BCUT2D eigenvalue weighted by atomic mass is 9.78. The molecule has 4 nitrogen and oxygen atoms in total. The van der Waals surface area contributed by atoms with Crippen molar-refractivity contribution >= 4 is 17.9 Å². The summed E-state index contributed by atoms with van der Waals surface area (Å²) < 4.78 is 71.1. The summed E-state index contributed by atoms with van der Waals surface area (Å²) in [6.45, 7) is 4.99. The Morgan fingerprint density at radius 2 is 1.61 bits per heavy atom. The van der Waals surface area contributed by atoms with Crippen molar-refractivity contribution in [2.45, 2.75) is 50.5 Å². The molecule has 0 bridgehead atoms. The highest BCUT2D eigenvalue weighted by atomic mass is 32.2. The molecule has 0 atom stereocenters. The van der Waals surface area contributed by atoms with Crippen LogP contribution in [-0.4, -0.2) is 65.1 Å². The van der Waals surface area contributed by atoms with Crippen LogP contribution in [0.1, 0.15) is 49.4 Å². The van der Waals surface area contributed by atoms with Crippen LogP contribution in [0.25, 0.3) is 0 Å². The van der Waals surface area contributed by atoms with Crippen LogP contribution in [0.4, 0.5) is 22.0 Å². The van der Waals surface area contributed by atoms with Crippen LogP contribution in [0.2, 0.25) is 0 Å². The zero-order valence-corrected chi connectivity index (χ0v) is 18.4. The number of hydrogen-bond acceptors (Lipinski definition) is 4. The fourth-order valence-electron chi connectivity index (χ4n) is 4.29. The molecule has 1 aliphatic heterocycles. The molecule has 174 valence electrons. The Morgan fingerprint density at radius 1 is 1.03 bits per heavy atom. The van der Waals surface area contributed by atoms with Gasteiger partial charge < -0.3 is 5.32 Å². The van der Waals surface area contributed by atoms with Gasteiger partial charge in [0.2, 0.25) is 5.92 Å². The number of alkyl halides is 2. The molecule has 1 heterocycles. The standard InChI is InChI=1S/C21H28F5N3OS/c1-2-11-31-29-9-7-28(8-10-29)20(3-5-21(25,26)6-4-20)14-27-19(30)18-16(23)12-15(22)13-17(18)24/h12-13H,2-11,14H2,1H3,(H,27,30). The predicted molar refractivity (Wildman–Crippen MR) is 111 cm³/mol. The average molecular weight is 466 g/mol. The molecule has 1 amide bonds. The maximum absolute atomic E-state index is 14.0. The highest BCUT2D eigenvalue weighted by Crippen LogP contribution is 2.42. The molecule has 1 aromatic rings. The molecule has 2 aliphatic rings. The number of carbonyl (C=O) groups is 1. The number of halogens is 5. The van der Waals surface area contributed by atoms with Gasteiger partial charge in [-0.2, -0.15) is 0 Å². The third kappa shape index (κ3) is 5.90. The lowest BCUT2D eigenvalue weighted by Gasteiger charge is -2.50. The molecule has 0 unspecified atom stereocenters. The predicted octanol–water partition coefficient (Wildman–Crippen LogP) is 4.46. The molecule has 1 aliphatic carbocycles. The van der Waals surface area contributed by atoms with Crippen LogP contribution in [0.15, 0.2) is 12.1 Å². The molecule has 0 radical (unpaired) electrons. The number of benzene rings is 1. The van der Waals surface area contributed by atoms with Gasteiger partial charge >= 0.3 is 0 Å². The van der Waals surface area contributed by atoms with Crippen molar-refractivity contribution in [1.29, 1.82) is 0 Å². The second-order valence-corrected chi connectivity index (χ2v) is 9.44. The van der Waals surface area contributed by atoms with Crippen molar-refractivity contribution in [3.63, 3.8) is 0 Å². The Bertz CT molecular complexity index is 753. The van der Waals surface area contributed by atoms with E-state index in [9.17, 15) is 26.7 Å². The quantitative estimate of drug-likeness (QED) is 0.477. The van der Waals surface area contributed by atoms with Crippen LogP contribution in [0.3, 0.4) is 0 Å². The van der Waals surface area contributed by atoms with Crippen molar-refractivity contribution in [1.82, 2.24) is 14.5 Å². The van der Waals surface area contributed by atoms with E-state index in [0.717, 1.165) is 25.3 Å². The van der Waals surface area contributed by atoms with Gasteiger partial charge in [-0.05, 0) is 19.3 Å². The van der Waals surface area contributed by atoms with Crippen LogP contribution in [0.5, 0.6) is 0 Å². The van der Waals surface area contributed by atoms with E-state index in [1.165, 1.54) is 0 Å². The van der Waals surface area contributed by atoms with Gasteiger partial charge in [0.15, 0.2) is 0 Å². The van der Waals surface area contributed by atoms with Crippen molar-refractivity contribution in [3.05, 3.63) is 35.1 Å². The summed E-state index contributed by atoms with van der Waals surface area (Å²) in [4.78, 5) is 14.6. The summed E-state index contributed by atoms with van der Waals surface area (Å²) in [5, 5.41) is 2.53. The average Bonchev–Trinajstić information content (AvgIpc) is 2.71. The Morgan fingerprint density at radius 3 is 2.16 bits per heavy atom. The number of hydrogen-bond donors (Lipinski definition) is 1. The number of amides is 1. The Kier molecular flexibility index (Phi) is 7.86. The first-order valence-electron chi connectivity index (χ1n) is 10.6. The second kappa shape index (κ2) is 10.0. The molecular weight excluding hydrogens is 437 g/mol. The number of nitrogens with one attached hydrogen (secondary N) is 1. The summed E-state index contributed by atoms with van der Waals surface area (Å²) in [7, 11) is 0. The van der Waals surface area contributed by atoms with Crippen molar-refractivity contribution in [3.8, 4) is 0 Å². The second-order valence-electron chi connectivity index (χ2n) is 8.26. The highest BCUT2D eigenvalue weighted by molar-refractivity contribution is 7.97. The van der Waals surface area contributed by atoms with Crippen LogP contribution in [-0.2, 0) is 0 Å². The number of rotatable bonds is 7. The van der Waals surface area contributed by atoms with Crippen molar-refractivity contribution in [2.24, 2.45) is 0 Å². The SMILES string of the molecule is CCCSN1CCN(C2(CNC(=O)c3c(F)cc(F)cc3F)CCC(F)(F)CC2)CC1. The summed E-state index contributed by atoms with van der Waals surface area (Å²) >= 11 is 1.77. The van der Waals surface area contributed by atoms with Gasteiger partial charge in [-0.15, -0.1) is 0 Å². The maximum atomic E-state index is 14.0. The van der Waals surface area contributed by atoms with Gasteiger partial charge in [-0.3, -0.25) is 9.69 Å². The summed E-state index contributed by atoms with van der Waals surface area (Å²) in [6.07, 6.45) is 0.819. The van der Waals surface area contributed by atoms with Crippen LogP contribution in [0, 0.1) is 17.5 Å². The molecule has 0 aromatic heterocycles. The largest absolute Gasteiger partial charge is 0.350 e. The molecule has 1 saturated carbocycles. The first-order chi connectivity index (χ1) is 14.7. The highest BCUT2D eigenvalue weighted by Gasteiger charge is 2.47. The zero-order valence-electron chi connectivity index (χ0n) is 17.5. The molecule has 10 heteroatoms. The Balaban J connectivity index is 1.71. The van der Waals surface area contributed by atoms with Gasteiger partial charge in [-0.1, -0.05) is 18.9 Å². The van der Waals surface area contributed by atoms with Crippen molar-refractivity contribution < 1.29 is 26.7 Å². The van der Waals surface area contributed by atoms with Gasteiger partial charge in [0.25, 0.3) is 5.91 Å².